The third kappa shape index (κ3) is 12.2. The molecule has 0 aliphatic carbocycles. The van der Waals surface area contributed by atoms with Gasteiger partial charge in [0.05, 0.1) is 6.10 Å². The molecule has 0 fully saturated rings. The van der Waals surface area contributed by atoms with Crippen LogP contribution in [-0.2, 0) is 24.0 Å². The van der Waals surface area contributed by atoms with Crippen LogP contribution in [0.3, 0.4) is 0 Å². The van der Waals surface area contributed by atoms with Crippen LogP contribution >= 0.6 is 12.6 Å². The lowest BCUT2D eigenvalue weighted by Crippen LogP contribution is -2.58. The molecule has 194 valence electrons. The summed E-state index contributed by atoms with van der Waals surface area (Å²) in [5.74, 6) is -4.98. The number of primary amides is 1. The van der Waals surface area contributed by atoms with Crippen molar-refractivity contribution < 1.29 is 34.2 Å². The minimum Gasteiger partial charge on any atom is -0.480 e. The van der Waals surface area contributed by atoms with Gasteiger partial charge in [0.2, 0.25) is 23.6 Å². The Balaban J connectivity index is 5.59. The van der Waals surface area contributed by atoms with Gasteiger partial charge in [-0.25, -0.2) is 4.79 Å². The molecule has 0 aliphatic rings. The van der Waals surface area contributed by atoms with E-state index in [4.69, 9.17) is 28.0 Å². The Hall–Kier alpha value is -3.11. The van der Waals surface area contributed by atoms with Crippen LogP contribution < -0.4 is 38.9 Å². The number of nitrogens with two attached hydrogens (primary N) is 4. The quantitative estimate of drug-likeness (QED) is 0.0414. The molecule has 0 aromatic heterocycles. The van der Waals surface area contributed by atoms with Crippen LogP contribution in [0.4, 0.5) is 0 Å². The first-order valence-corrected chi connectivity index (χ1v) is 11.0. The van der Waals surface area contributed by atoms with E-state index in [1.54, 1.807) is 0 Å². The Bertz CT molecular complexity index is 761. The fourth-order valence-corrected chi connectivity index (χ4v) is 2.79. The number of guanidine groups is 1. The number of nitrogens with zero attached hydrogens (tertiary/aromatic N) is 1. The van der Waals surface area contributed by atoms with Gasteiger partial charge in [-0.15, -0.1) is 0 Å². The molecule has 4 amide bonds. The molecule has 13 N–H and O–H groups in total. The molecule has 16 heteroatoms. The van der Waals surface area contributed by atoms with E-state index in [1.807, 2.05) is 0 Å². The van der Waals surface area contributed by atoms with Gasteiger partial charge < -0.3 is 49.1 Å². The van der Waals surface area contributed by atoms with E-state index in [9.17, 15) is 29.1 Å². The average molecular weight is 507 g/mol. The SMILES string of the molecule is CC(O)C(N)C(=O)NC(CCC(N)=O)C(=O)NC(CCCN=C(N)N)C(=O)NC(CS)C(=O)O. The second kappa shape index (κ2) is 15.7. The van der Waals surface area contributed by atoms with E-state index in [1.165, 1.54) is 6.92 Å². The van der Waals surface area contributed by atoms with Crippen LogP contribution in [-0.4, -0.2) is 88.3 Å². The molecule has 0 rings (SSSR count). The van der Waals surface area contributed by atoms with Gasteiger partial charge >= 0.3 is 5.97 Å². The molecule has 0 radical (unpaired) electrons. The molecule has 0 aliphatic heterocycles. The smallest absolute Gasteiger partial charge is 0.327 e. The normalized spacial score (nSPS) is 15.1. The fraction of sp³-hybridized carbons (Fsp3) is 0.667. The minimum atomic E-state index is -1.35. The number of aliphatic carboxylic acids is 1. The van der Waals surface area contributed by atoms with Crippen molar-refractivity contribution in [1.29, 1.82) is 0 Å². The summed E-state index contributed by atoms with van der Waals surface area (Å²) in [5, 5.41) is 25.6. The van der Waals surface area contributed by atoms with Gasteiger partial charge in [-0.1, -0.05) is 0 Å². The summed E-state index contributed by atoms with van der Waals surface area (Å²) in [6, 6.07) is -5.23. The molecule has 5 unspecified atom stereocenters. The predicted octanol–water partition coefficient (Wildman–Crippen LogP) is -4.52. The van der Waals surface area contributed by atoms with Gasteiger partial charge in [0.1, 0.15) is 24.2 Å². The lowest BCUT2D eigenvalue weighted by atomic mass is 10.1. The number of thiol groups is 1. The van der Waals surface area contributed by atoms with Crippen LogP contribution in [0.1, 0.15) is 32.6 Å². The lowest BCUT2D eigenvalue weighted by Gasteiger charge is -2.25. The maximum Gasteiger partial charge on any atom is 0.327 e. The molecule has 0 saturated carbocycles. The molecule has 0 bridgehead atoms. The summed E-state index contributed by atoms with van der Waals surface area (Å²) in [6.07, 6.45) is -1.46. The highest BCUT2D eigenvalue weighted by Gasteiger charge is 2.30. The van der Waals surface area contributed by atoms with Gasteiger partial charge in [0, 0.05) is 18.7 Å². The fourth-order valence-electron chi connectivity index (χ4n) is 2.54. The second-order valence-electron chi connectivity index (χ2n) is 7.42. The second-order valence-corrected chi connectivity index (χ2v) is 7.79. The standard InChI is InChI=1S/C18H34N8O7S/c1-8(27)13(20)16(31)25-10(4-5-12(19)28)15(30)24-9(3-2-6-23-18(21)22)14(29)26-11(7-34)17(32)33/h8-11,13,27,34H,2-7,20H2,1H3,(H2,19,28)(H,24,30)(H,25,31)(H,26,29)(H,32,33)(H4,21,22,23). The number of nitrogens with one attached hydrogen (secondary N) is 3. The Labute approximate surface area is 201 Å². The van der Waals surface area contributed by atoms with Crippen molar-refractivity contribution in [3.05, 3.63) is 0 Å². The van der Waals surface area contributed by atoms with Crippen molar-refractivity contribution in [3.63, 3.8) is 0 Å². The van der Waals surface area contributed by atoms with Gasteiger partial charge in [0.25, 0.3) is 0 Å². The molecule has 0 heterocycles. The van der Waals surface area contributed by atoms with Crippen LogP contribution in [0, 0.1) is 0 Å². The Kier molecular flexibility index (Phi) is 14.2. The number of carboxylic acids is 1. The Morgan fingerprint density at radius 1 is 0.912 bits per heavy atom. The number of hydrogen-bond acceptors (Lipinski definition) is 9. The van der Waals surface area contributed by atoms with E-state index in [-0.39, 0.29) is 43.9 Å². The average Bonchev–Trinajstić information content (AvgIpc) is 2.74. The first kappa shape index (κ1) is 30.9. The summed E-state index contributed by atoms with van der Waals surface area (Å²) in [6.45, 7) is 1.40. The topological polar surface area (TPSA) is 278 Å². The Morgan fingerprint density at radius 2 is 1.41 bits per heavy atom. The largest absolute Gasteiger partial charge is 0.480 e. The highest BCUT2D eigenvalue weighted by Crippen LogP contribution is 2.05. The van der Waals surface area contributed by atoms with Crippen molar-refractivity contribution in [3.8, 4) is 0 Å². The van der Waals surface area contributed by atoms with Crippen LogP contribution in [0.2, 0.25) is 0 Å². The van der Waals surface area contributed by atoms with E-state index in [0.717, 1.165) is 0 Å². The molecule has 5 atom stereocenters. The number of aliphatic imine (C=N–C) groups is 1. The number of carbonyl (C=O) groups excluding carboxylic acids is 4. The predicted molar refractivity (Wildman–Crippen MR) is 125 cm³/mol. The summed E-state index contributed by atoms with van der Waals surface area (Å²) < 4.78 is 0. The number of hydrogen-bond donors (Lipinski definition) is 10. The number of aliphatic hydroxyl groups excluding tert-OH is 1. The highest BCUT2D eigenvalue weighted by molar-refractivity contribution is 7.80. The monoisotopic (exact) mass is 506 g/mol. The first-order chi connectivity index (χ1) is 15.8. The van der Waals surface area contributed by atoms with Crippen molar-refractivity contribution in [2.24, 2.45) is 27.9 Å². The van der Waals surface area contributed by atoms with Crippen molar-refractivity contribution in [1.82, 2.24) is 16.0 Å². The van der Waals surface area contributed by atoms with Crippen molar-refractivity contribution in [2.45, 2.75) is 62.9 Å². The van der Waals surface area contributed by atoms with Crippen LogP contribution in [0.25, 0.3) is 0 Å². The molecule has 0 saturated heterocycles. The third-order valence-electron chi connectivity index (χ3n) is 4.51. The maximum atomic E-state index is 12.9. The first-order valence-electron chi connectivity index (χ1n) is 10.3. The zero-order valence-corrected chi connectivity index (χ0v) is 19.7. The summed E-state index contributed by atoms with van der Waals surface area (Å²) in [4.78, 5) is 63.9. The van der Waals surface area contributed by atoms with E-state index in [0.29, 0.717) is 0 Å². The number of rotatable bonds is 16. The van der Waals surface area contributed by atoms with Crippen molar-refractivity contribution >= 4 is 48.2 Å². The summed E-state index contributed by atoms with van der Waals surface area (Å²) in [7, 11) is 0. The third-order valence-corrected chi connectivity index (χ3v) is 4.88. The number of aliphatic hydroxyl groups is 1. The van der Waals surface area contributed by atoms with Gasteiger partial charge in [-0.05, 0) is 26.2 Å². The zero-order valence-electron chi connectivity index (χ0n) is 18.8. The minimum absolute atomic E-state index is 0.0109. The summed E-state index contributed by atoms with van der Waals surface area (Å²) in [5.41, 5.74) is 21.2. The Morgan fingerprint density at radius 3 is 1.85 bits per heavy atom. The van der Waals surface area contributed by atoms with E-state index in [2.05, 4.69) is 33.6 Å². The highest BCUT2D eigenvalue weighted by atomic mass is 32.1. The molecule has 0 spiro atoms. The number of carbonyl (C=O) groups is 5. The molecule has 0 aromatic rings. The van der Waals surface area contributed by atoms with Crippen LogP contribution in [0.5, 0.6) is 0 Å². The number of carboxylic acid groups (broad SMARTS) is 1. The van der Waals surface area contributed by atoms with Crippen LogP contribution in [0.15, 0.2) is 4.99 Å². The van der Waals surface area contributed by atoms with E-state index < -0.39 is 59.9 Å². The number of amides is 4. The van der Waals surface area contributed by atoms with E-state index >= 15 is 0 Å². The zero-order chi connectivity index (χ0) is 26.4. The van der Waals surface area contributed by atoms with Gasteiger partial charge in [0.15, 0.2) is 5.96 Å². The molecular formula is C18H34N8O7S. The molecule has 34 heavy (non-hydrogen) atoms. The summed E-state index contributed by atoms with van der Waals surface area (Å²) >= 11 is 3.88. The molecule has 15 nitrogen and oxygen atoms in total. The molecule has 0 aromatic carbocycles. The van der Waals surface area contributed by atoms with Crippen molar-refractivity contribution in [2.75, 3.05) is 12.3 Å². The van der Waals surface area contributed by atoms with Gasteiger partial charge in [-0.3, -0.25) is 24.2 Å². The maximum absolute atomic E-state index is 12.9. The van der Waals surface area contributed by atoms with Gasteiger partial charge in [-0.2, -0.15) is 12.6 Å². The lowest BCUT2D eigenvalue weighted by molar-refractivity contribution is -0.141. The molecular weight excluding hydrogens is 472 g/mol.